The summed E-state index contributed by atoms with van der Waals surface area (Å²) in [6, 6.07) is 8.76. The van der Waals surface area contributed by atoms with Gasteiger partial charge in [0.2, 0.25) is 0 Å². The largest absolute Gasteiger partial charge is 0.508 e. The molecule has 1 aromatic rings. The Kier molecular flexibility index (Phi) is 2.67. The summed E-state index contributed by atoms with van der Waals surface area (Å²) in [5.74, 6) is -0.277. The molecule has 0 aromatic heterocycles. The summed E-state index contributed by atoms with van der Waals surface area (Å²) >= 11 is 0. The maximum Gasteiger partial charge on any atom is 0.120 e. The highest BCUT2D eigenvalue weighted by atomic mass is 16.3. The van der Waals surface area contributed by atoms with Crippen LogP contribution in [0.5, 0.6) is 5.75 Å². The predicted octanol–water partition coefficient (Wildman–Crippen LogP) is 0.958. The third-order valence-corrected chi connectivity index (χ3v) is 1.70. The normalized spacial score (nSPS) is 12.0. The molecule has 1 atom stereocenters. The minimum Gasteiger partial charge on any atom is -0.508 e. The van der Waals surface area contributed by atoms with Gasteiger partial charge in [0.25, 0.3) is 0 Å². The molecule has 0 aliphatic carbocycles. The van der Waals surface area contributed by atoms with Crippen molar-refractivity contribution in [2.45, 2.75) is 5.92 Å². The number of phenols is 1. The van der Waals surface area contributed by atoms with Gasteiger partial charge in [0, 0.05) is 12.1 Å². The van der Waals surface area contributed by atoms with Gasteiger partial charge >= 0.3 is 0 Å². The lowest BCUT2D eigenvalue weighted by molar-refractivity contribution is 0.466. The maximum absolute atomic E-state index is 9.34. The first-order valence-corrected chi connectivity index (χ1v) is 3.67. The average Bonchev–Trinajstić information content (AvgIpc) is 2.10. The van der Waals surface area contributed by atoms with Crippen LogP contribution in [0.4, 0.5) is 0 Å². The van der Waals surface area contributed by atoms with Crippen LogP contribution in [-0.4, -0.2) is 11.7 Å². The van der Waals surface area contributed by atoms with E-state index in [9.17, 15) is 5.11 Å². The zero-order chi connectivity index (χ0) is 8.97. The van der Waals surface area contributed by atoms with E-state index in [-0.39, 0.29) is 12.3 Å². The molecule has 0 heterocycles. The van der Waals surface area contributed by atoms with E-state index in [1.165, 1.54) is 0 Å². The molecule has 62 valence electrons. The zero-order valence-electron chi connectivity index (χ0n) is 6.57. The molecule has 1 unspecified atom stereocenters. The second-order valence-electron chi connectivity index (χ2n) is 2.48. The molecule has 0 fully saturated rings. The van der Waals surface area contributed by atoms with Crippen molar-refractivity contribution >= 4 is 0 Å². The number of hydrogen-bond acceptors (Lipinski definition) is 3. The fourth-order valence-electron chi connectivity index (χ4n) is 1.03. The van der Waals surface area contributed by atoms with E-state index in [0.717, 1.165) is 0 Å². The number of benzene rings is 1. The van der Waals surface area contributed by atoms with Crippen molar-refractivity contribution in [2.75, 3.05) is 6.54 Å². The van der Waals surface area contributed by atoms with Crippen LogP contribution in [-0.2, 0) is 0 Å². The van der Waals surface area contributed by atoms with Crippen molar-refractivity contribution in [3.8, 4) is 11.8 Å². The van der Waals surface area contributed by atoms with Gasteiger partial charge in [0.05, 0.1) is 12.0 Å². The lowest BCUT2D eigenvalue weighted by Crippen LogP contribution is -2.10. The molecule has 0 saturated heterocycles. The molecule has 0 aliphatic heterocycles. The first kappa shape index (κ1) is 8.57. The Morgan fingerprint density at radius 1 is 1.50 bits per heavy atom. The van der Waals surface area contributed by atoms with Gasteiger partial charge in [0.1, 0.15) is 5.75 Å². The molecule has 3 N–H and O–H groups in total. The summed E-state index contributed by atoms with van der Waals surface area (Å²) in [6.45, 7) is 0.230. The fraction of sp³-hybridized carbons (Fsp3) is 0.222. The Morgan fingerprint density at radius 2 is 2.17 bits per heavy atom. The van der Waals surface area contributed by atoms with Crippen LogP contribution in [0.1, 0.15) is 11.5 Å². The van der Waals surface area contributed by atoms with E-state index < -0.39 is 5.92 Å². The van der Waals surface area contributed by atoms with Gasteiger partial charge in [0.15, 0.2) is 0 Å². The molecule has 3 heteroatoms. The number of hydrogen-bond donors (Lipinski definition) is 2. The van der Waals surface area contributed by atoms with Gasteiger partial charge in [-0.05, 0) is 6.07 Å². The molecule has 0 bridgehead atoms. The van der Waals surface area contributed by atoms with Gasteiger partial charge in [-0.3, -0.25) is 0 Å². The molecule has 0 radical (unpaired) electrons. The third-order valence-electron chi connectivity index (χ3n) is 1.70. The second-order valence-corrected chi connectivity index (χ2v) is 2.48. The summed E-state index contributed by atoms with van der Waals surface area (Å²) < 4.78 is 0. The highest BCUT2D eigenvalue weighted by molar-refractivity contribution is 5.37. The maximum atomic E-state index is 9.34. The molecule has 12 heavy (non-hydrogen) atoms. The third kappa shape index (κ3) is 1.55. The van der Waals surface area contributed by atoms with Crippen molar-refractivity contribution in [1.82, 2.24) is 0 Å². The van der Waals surface area contributed by atoms with Gasteiger partial charge in [-0.1, -0.05) is 18.2 Å². The molecule has 1 aromatic carbocycles. The molecule has 0 spiro atoms. The van der Waals surface area contributed by atoms with Crippen LogP contribution in [0.25, 0.3) is 0 Å². The summed E-state index contributed by atoms with van der Waals surface area (Å²) in [5, 5.41) is 18.0. The quantitative estimate of drug-likeness (QED) is 0.680. The summed E-state index contributed by atoms with van der Waals surface area (Å²) in [7, 11) is 0. The van der Waals surface area contributed by atoms with Crippen molar-refractivity contribution < 1.29 is 5.11 Å². The molecule has 0 aliphatic rings. The number of aromatic hydroxyl groups is 1. The molecule has 1 rings (SSSR count). The van der Waals surface area contributed by atoms with Crippen LogP contribution in [0.3, 0.4) is 0 Å². The van der Waals surface area contributed by atoms with E-state index in [1.807, 2.05) is 6.07 Å². The van der Waals surface area contributed by atoms with E-state index in [0.29, 0.717) is 5.56 Å². The van der Waals surface area contributed by atoms with E-state index in [1.54, 1.807) is 24.3 Å². The first-order chi connectivity index (χ1) is 5.79. The Hall–Kier alpha value is -1.53. The smallest absolute Gasteiger partial charge is 0.120 e. The van der Waals surface area contributed by atoms with Crippen LogP contribution >= 0.6 is 0 Å². The monoisotopic (exact) mass is 162 g/mol. The minimum absolute atomic E-state index is 0.134. The fourth-order valence-corrected chi connectivity index (χ4v) is 1.03. The Morgan fingerprint density at radius 3 is 2.67 bits per heavy atom. The number of para-hydroxylation sites is 1. The molecular weight excluding hydrogens is 152 g/mol. The molecule has 0 saturated carbocycles. The van der Waals surface area contributed by atoms with Crippen molar-refractivity contribution in [1.29, 1.82) is 5.26 Å². The number of nitriles is 1. The van der Waals surface area contributed by atoms with Crippen molar-refractivity contribution in [2.24, 2.45) is 5.73 Å². The Labute approximate surface area is 71.1 Å². The summed E-state index contributed by atoms with van der Waals surface area (Å²) in [5.41, 5.74) is 5.95. The molecule has 0 amide bonds. The van der Waals surface area contributed by atoms with E-state index >= 15 is 0 Å². The number of phenolic OH excluding ortho intramolecular Hbond substituents is 1. The first-order valence-electron chi connectivity index (χ1n) is 3.67. The van der Waals surface area contributed by atoms with Crippen molar-refractivity contribution in [3.63, 3.8) is 0 Å². The topological polar surface area (TPSA) is 70.0 Å². The van der Waals surface area contributed by atoms with Crippen LogP contribution in [0, 0.1) is 11.3 Å². The standard InChI is InChI=1S/C9H10N2O/c10-5-7(6-11)8-3-1-2-4-9(8)12/h1-4,7,12H,5,10H2. The van der Waals surface area contributed by atoms with Gasteiger partial charge < -0.3 is 10.8 Å². The van der Waals surface area contributed by atoms with Crippen LogP contribution < -0.4 is 5.73 Å². The lowest BCUT2D eigenvalue weighted by Gasteiger charge is -2.07. The highest BCUT2D eigenvalue weighted by Gasteiger charge is 2.11. The van der Waals surface area contributed by atoms with Crippen molar-refractivity contribution in [3.05, 3.63) is 29.8 Å². The highest BCUT2D eigenvalue weighted by Crippen LogP contribution is 2.23. The Bertz CT molecular complexity index is 304. The van der Waals surface area contributed by atoms with E-state index in [4.69, 9.17) is 11.0 Å². The molecular formula is C9H10N2O. The Balaban J connectivity index is 3.02. The predicted molar refractivity (Wildman–Crippen MR) is 45.5 cm³/mol. The zero-order valence-corrected chi connectivity index (χ0v) is 6.57. The number of rotatable bonds is 2. The SMILES string of the molecule is N#CC(CN)c1ccccc1O. The van der Waals surface area contributed by atoms with Crippen LogP contribution in [0.15, 0.2) is 24.3 Å². The van der Waals surface area contributed by atoms with Crippen LogP contribution in [0.2, 0.25) is 0 Å². The number of nitrogens with two attached hydrogens (primary N) is 1. The van der Waals surface area contributed by atoms with Gasteiger partial charge in [-0.15, -0.1) is 0 Å². The average molecular weight is 162 g/mol. The minimum atomic E-state index is -0.411. The van der Waals surface area contributed by atoms with E-state index in [2.05, 4.69) is 0 Å². The lowest BCUT2D eigenvalue weighted by atomic mass is 10.0. The van der Waals surface area contributed by atoms with Gasteiger partial charge in [-0.2, -0.15) is 5.26 Å². The van der Waals surface area contributed by atoms with Gasteiger partial charge in [-0.25, -0.2) is 0 Å². The summed E-state index contributed by atoms with van der Waals surface area (Å²) in [4.78, 5) is 0. The molecule has 3 nitrogen and oxygen atoms in total. The summed E-state index contributed by atoms with van der Waals surface area (Å²) in [6.07, 6.45) is 0. The second kappa shape index (κ2) is 3.74. The number of nitrogens with zero attached hydrogens (tertiary/aromatic N) is 1.